The highest BCUT2D eigenvalue weighted by molar-refractivity contribution is 6.36. The van der Waals surface area contributed by atoms with Gasteiger partial charge < -0.3 is 25.0 Å². The second kappa shape index (κ2) is 13.1. The molecule has 10 heteroatoms. The topological polar surface area (TPSA) is 80.9 Å². The molecule has 2 aliphatic rings. The van der Waals surface area contributed by atoms with Crippen LogP contribution in [0.2, 0.25) is 10.0 Å². The summed E-state index contributed by atoms with van der Waals surface area (Å²) in [6.45, 7) is 4.25. The van der Waals surface area contributed by atoms with Crippen molar-refractivity contribution in [3.8, 4) is 22.6 Å². The van der Waals surface area contributed by atoms with Gasteiger partial charge in [-0.05, 0) is 80.2 Å². The number of nitrogen functional groups attached to an aromatic ring is 1. The molecule has 1 aromatic heterocycles. The first-order chi connectivity index (χ1) is 19.4. The van der Waals surface area contributed by atoms with Gasteiger partial charge in [0.15, 0.2) is 18.2 Å². The number of benzene rings is 2. The summed E-state index contributed by atoms with van der Waals surface area (Å²) >= 11 is 12.2. The van der Waals surface area contributed by atoms with Crippen molar-refractivity contribution in [2.75, 3.05) is 45.1 Å². The molecule has 3 aromatic rings. The van der Waals surface area contributed by atoms with Crippen molar-refractivity contribution in [1.82, 2.24) is 14.8 Å². The van der Waals surface area contributed by atoms with Gasteiger partial charge in [-0.2, -0.15) is 0 Å². The Kier molecular flexibility index (Phi) is 9.29. The number of carbonyl (C=O) groups excluding carboxylic acids is 1. The third-order valence-corrected chi connectivity index (χ3v) is 8.31. The average molecular weight is 588 g/mol. The fourth-order valence-electron chi connectivity index (χ4n) is 5.38. The average Bonchev–Trinajstić information content (AvgIpc) is 3.65. The van der Waals surface area contributed by atoms with Crippen molar-refractivity contribution in [3.05, 3.63) is 70.1 Å². The molecule has 0 radical (unpaired) electrons. The summed E-state index contributed by atoms with van der Waals surface area (Å²) in [6.07, 6.45) is 6.58. The lowest BCUT2D eigenvalue weighted by atomic mass is 10.1. The van der Waals surface area contributed by atoms with E-state index >= 15 is 0 Å². The van der Waals surface area contributed by atoms with Gasteiger partial charge in [0.25, 0.3) is 5.91 Å². The normalized spacial score (nSPS) is 17.4. The minimum Gasteiger partial charge on any atom is -0.489 e. The fraction of sp³-hybridized carbons (Fsp3) is 0.400. The predicted molar refractivity (Wildman–Crippen MR) is 156 cm³/mol. The molecule has 2 aromatic carbocycles. The number of aromatic nitrogens is 1. The molecule has 212 valence electrons. The number of halogens is 3. The van der Waals surface area contributed by atoms with Gasteiger partial charge in [-0.3, -0.25) is 4.79 Å². The van der Waals surface area contributed by atoms with Crippen LogP contribution in [0.3, 0.4) is 0 Å². The highest BCUT2D eigenvalue weighted by Crippen LogP contribution is 2.31. The molecule has 7 nitrogen and oxygen atoms in total. The van der Waals surface area contributed by atoms with Crippen LogP contribution in [-0.4, -0.2) is 66.1 Å². The molecule has 1 atom stereocenters. The van der Waals surface area contributed by atoms with Crippen molar-refractivity contribution in [3.63, 3.8) is 0 Å². The van der Waals surface area contributed by atoms with E-state index in [2.05, 4.69) is 9.88 Å². The molecule has 2 saturated heterocycles. The molecule has 0 aliphatic carbocycles. The zero-order valence-corrected chi connectivity index (χ0v) is 23.8. The van der Waals surface area contributed by atoms with E-state index in [4.69, 9.17) is 38.4 Å². The molecule has 5 rings (SSSR count). The Morgan fingerprint density at radius 3 is 2.58 bits per heavy atom. The highest BCUT2D eigenvalue weighted by atomic mass is 35.5. The van der Waals surface area contributed by atoms with E-state index in [1.165, 1.54) is 25.0 Å². The van der Waals surface area contributed by atoms with Crippen LogP contribution in [0.1, 0.15) is 31.2 Å². The van der Waals surface area contributed by atoms with Gasteiger partial charge in [0.05, 0.1) is 11.6 Å². The molecule has 1 unspecified atom stereocenters. The van der Waals surface area contributed by atoms with Gasteiger partial charge in [-0.25, -0.2) is 9.37 Å². The Hall–Kier alpha value is -3.07. The van der Waals surface area contributed by atoms with Crippen LogP contribution < -0.4 is 15.2 Å². The van der Waals surface area contributed by atoms with Crippen LogP contribution in [0.15, 0.2) is 48.7 Å². The molecule has 3 heterocycles. The minimum atomic E-state index is -0.529. The minimum absolute atomic E-state index is 0.0118. The standard InChI is InChI=1S/C30H33Cl2FN4O3/c31-25-9-10-26(33)29(32)24(25)11-15-39-27-16-21(17-35-30(27)34)20-5-7-23(8-6-20)40-19-28(38)37-14-3-4-22(37)18-36-12-1-2-13-36/h5-10,16-17,22H,1-4,11-15,18-19H2,(H2,34,35). The van der Waals surface area contributed by atoms with Gasteiger partial charge >= 0.3 is 0 Å². The highest BCUT2D eigenvalue weighted by Gasteiger charge is 2.31. The number of hydrogen-bond acceptors (Lipinski definition) is 6. The van der Waals surface area contributed by atoms with E-state index in [-0.39, 0.29) is 36.0 Å². The van der Waals surface area contributed by atoms with Gasteiger partial charge in [-0.1, -0.05) is 35.3 Å². The second-order valence-corrected chi connectivity index (χ2v) is 11.0. The lowest BCUT2D eigenvalue weighted by molar-refractivity contribution is -0.134. The monoisotopic (exact) mass is 586 g/mol. The number of pyridine rings is 1. The first kappa shape index (κ1) is 28.5. The van der Waals surface area contributed by atoms with E-state index in [1.807, 2.05) is 29.2 Å². The summed E-state index contributed by atoms with van der Waals surface area (Å²) in [5, 5.41) is 0.364. The summed E-state index contributed by atoms with van der Waals surface area (Å²) < 4.78 is 25.5. The maximum Gasteiger partial charge on any atom is 0.260 e. The quantitative estimate of drug-likeness (QED) is 0.299. The van der Waals surface area contributed by atoms with E-state index in [9.17, 15) is 9.18 Å². The zero-order chi connectivity index (χ0) is 28.1. The summed E-state index contributed by atoms with van der Waals surface area (Å²) in [5.41, 5.74) is 8.19. The molecule has 2 fully saturated rings. The largest absolute Gasteiger partial charge is 0.489 e. The lowest BCUT2D eigenvalue weighted by Crippen LogP contribution is -2.44. The number of nitrogens with two attached hydrogens (primary N) is 1. The number of likely N-dealkylation sites (tertiary alicyclic amines) is 2. The maximum atomic E-state index is 13.8. The molecule has 2 aliphatic heterocycles. The van der Waals surface area contributed by atoms with Crippen molar-refractivity contribution >= 4 is 34.9 Å². The van der Waals surface area contributed by atoms with Crippen LogP contribution >= 0.6 is 23.2 Å². The maximum absolute atomic E-state index is 13.8. The van der Waals surface area contributed by atoms with Crippen LogP contribution in [-0.2, 0) is 11.2 Å². The van der Waals surface area contributed by atoms with Crippen molar-refractivity contribution < 1.29 is 18.7 Å². The lowest BCUT2D eigenvalue weighted by Gasteiger charge is -2.28. The summed E-state index contributed by atoms with van der Waals surface area (Å²) in [6, 6.07) is 12.2. The van der Waals surface area contributed by atoms with E-state index in [0.717, 1.165) is 50.1 Å². The van der Waals surface area contributed by atoms with Gasteiger partial charge in [0, 0.05) is 42.3 Å². The first-order valence-corrected chi connectivity index (χ1v) is 14.4. The van der Waals surface area contributed by atoms with Crippen molar-refractivity contribution in [2.24, 2.45) is 0 Å². The number of hydrogen-bond donors (Lipinski definition) is 1. The number of amides is 1. The number of ether oxygens (including phenoxy) is 2. The molecule has 0 bridgehead atoms. The smallest absolute Gasteiger partial charge is 0.260 e. The summed E-state index contributed by atoms with van der Waals surface area (Å²) in [7, 11) is 0. The van der Waals surface area contributed by atoms with Gasteiger partial charge in [-0.15, -0.1) is 0 Å². The van der Waals surface area contributed by atoms with Crippen molar-refractivity contribution in [1.29, 1.82) is 0 Å². The van der Waals surface area contributed by atoms with Crippen LogP contribution in [0, 0.1) is 5.82 Å². The Labute approximate surface area is 244 Å². The molecular formula is C30H33Cl2FN4O3. The van der Waals surface area contributed by atoms with E-state index in [1.54, 1.807) is 12.3 Å². The molecular weight excluding hydrogens is 554 g/mol. The number of carbonyl (C=O) groups is 1. The summed E-state index contributed by atoms with van der Waals surface area (Å²) in [5.74, 6) is 0.774. The van der Waals surface area contributed by atoms with E-state index < -0.39 is 5.82 Å². The Balaban J connectivity index is 1.15. The Morgan fingerprint density at radius 1 is 1.02 bits per heavy atom. The Morgan fingerprint density at radius 2 is 1.80 bits per heavy atom. The second-order valence-electron chi connectivity index (χ2n) is 10.2. The van der Waals surface area contributed by atoms with Gasteiger partial charge in [0.1, 0.15) is 11.6 Å². The zero-order valence-electron chi connectivity index (χ0n) is 22.3. The number of rotatable bonds is 10. The van der Waals surface area contributed by atoms with Crippen LogP contribution in [0.25, 0.3) is 11.1 Å². The van der Waals surface area contributed by atoms with E-state index in [0.29, 0.717) is 28.5 Å². The molecule has 2 N–H and O–H groups in total. The molecule has 40 heavy (non-hydrogen) atoms. The predicted octanol–water partition coefficient (Wildman–Crippen LogP) is 5.86. The number of nitrogens with zero attached hydrogens (tertiary/aromatic N) is 3. The van der Waals surface area contributed by atoms with Crippen LogP contribution in [0.5, 0.6) is 11.5 Å². The van der Waals surface area contributed by atoms with Crippen molar-refractivity contribution in [2.45, 2.75) is 38.1 Å². The first-order valence-electron chi connectivity index (χ1n) is 13.6. The number of anilines is 1. The fourth-order valence-corrected chi connectivity index (χ4v) is 5.94. The summed E-state index contributed by atoms with van der Waals surface area (Å²) in [4.78, 5) is 21.6. The van der Waals surface area contributed by atoms with Gasteiger partial charge in [0.2, 0.25) is 0 Å². The Bertz CT molecular complexity index is 1340. The molecule has 0 saturated carbocycles. The SMILES string of the molecule is Nc1ncc(-c2ccc(OCC(=O)N3CCCC3CN3CCCC3)cc2)cc1OCCc1c(Cl)ccc(F)c1Cl. The van der Waals surface area contributed by atoms with Crippen LogP contribution in [0.4, 0.5) is 10.2 Å². The third kappa shape index (κ3) is 6.79. The third-order valence-electron chi connectivity index (χ3n) is 7.55. The molecule has 0 spiro atoms. The molecule has 1 amide bonds.